The van der Waals surface area contributed by atoms with Crippen molar-refractivity contribution in [3.8, 4) is 0 Å². The molecule has 0 amide bonds. The van der Waals surface area contributed by atoms with Crippen LogP contribution in [0.5, 0.6) is 0 Å². The van der Waals surface area contributed by atoms with Gasteiger partial charge in [-0.3, -0.25) is 4.68 Å². The molecule has 2 N–H and O–H groups in total. The van der Waals surface area contributed by atoms with Gasteiger partial charge in [0.15, 0.2) is 0 Å². The summed E-state index contributed by atoms with van der Waals surface area (Å²) < 4.78 is 2.04. The van der Waals surface area contributed by atoms with E-state index in [0.29, 0.717) is 0 Å². The zero-order valence-electron chi connectivity index (χ0n) is 8.33. The second kappa shape index (κ2) is 3.05. The van der Waals surface area contributed by atoms with Crippen LogP contribution in [0.2, 0.25) is 0 Å². The SMILES string of the molecule is CCC1CC1Cn1ncc(N)c1C. The highest BCUT2D eigenvalue weighted by atomic mass is 15.3. The van der Waals surface area contributed by atoms with E-state index in [9.17, 15) is 0 Å². The second-order valence-corrected chi connectivity index (χ2v) is 4.03. The van der Waals surface area contributed by atoms with E-state index in [1.807, 2.05) is 11.6 Å². The van der Waals surface area contributed by atoms with Crippen molar-refractivity contribution >= 4 is 5.69 Å². The minimum atomic E-state index is 0.814. The number of aromatic nitrogens is 2. The molecule has 0 bridgehead atoms. The molecule has 1 aromatic rings. The van der Waals surface area contributed by atoms with E-state index in [0.717, 1.165) is 29.8 Å². The molecular weight excluding hydrogens is 162 g/mol. The van der Waals surface area contributed by atoms with E-state index < -0.39 is 0 Å². The average Bonchev–Trinajstić information content (AvgIpc) is 2.81. The van der Waals surface area contributed by atoms with E-state index in [2.05, 4.69) is 12.0 Å². The second-order valence-electron chi connectivity index (χ2n) is 4.03. The van der Waals surface area contributed by atoms with Gasteiger partial charge in [-0.15, -0.1) is 0 Å². The van der Waals surface area contributed by atoms with Crippen molar-refractivity contribution < 1.29 is 0 Å². The Morgan fingerprint density at radius 3 is 2.85 bits per heavy atom. The molecule has 1 fully saturated rings. The first-order chi connectivity index (χ1) is 6.22. The first-order valence-corrected chi connectivity index (χ1v) is 5.00. The molecule has 3 heteroatoms. The summed E-state index contributed by atoms with van der Waals surface area (Å²) in [4.78, 5) is 0. The van der Waals surface area contributed by atoms with Crippen LogP contribution in [0.3, 0.4) is 0 Å². The number of nitrogens with zero attached hydrogens (tertiary/aromatic N) is 2. The molecule has 13 heavy (non-hydrogen) atoms. The highest BCUT2D eigenvalue weighted by Crippen LogP contribution is 2.42. The van der Waals surface area contributed by atoms with E-state index in [1.165, 1.54) is 12.8 Å². The summed E-state index contributed by atoms with van der Waals surface area (Å²) in [5, 5.41) is 4.26. The predicted molar refractivity (Wildman–Crippen MR) is 53.3 cm³/mol. The highest BCUT2D eigenvalue weighted by molar-refractivity contribution is 5.39. The third kappa shape index (κ3) is 1.55. The van der Waals surface area contributed by atoms with E-state index >= 15 is 0 Å². The summed E-state index contributed by atoms with van der Waals surface area (Å²) in [6.07, 6.45) is 4.43. The molecule has 3 nitrogen and oxygen atoms in total. The molecule has 1 aromatic heterocycles. The van der Waals surface area contributed by atoms with Crippen LogP contribution in [0.25, 0.3) is 0 Å². The Balaban J connectivity index is 1.99. The third-order valence-electron chi connectivity index (χ3n) is 3.14. The van der Waals surface area contributed by atoms with Gasteiger partial charge in [0.25, 0.3) is 0 Å². The van der Waals surface area contributed by atoms with Crippen molar-refractivity contribution in [1.29, 1.82) is 0 Å². The lowest BCUT2D eigenvalue weighted by Gasteiger charge is -2.02. The molecule has 0 saturated heterocycles. The summed E-state index contributed by atoms with van der Waals surface area (Å²) >= 11 is 0. The minimum absolute atomic E-state index is 0.814. The van der Waals surface area contributed by atoms with Crippen LogP contribution in [0.15, 0.2) is 6.20 Å². The quantitative estimate of drug-likeness (QED) is 0.769. The lowest BCUT2D eigenvalue weighted by atomic mass is 10.2. The van der Waals surface area contributed by atoms with Crippen LogP contribution < -0.4 is 5.73 Å². The molecule has 1 saturated carbocycles. The Morgan fingerprint density at radius 2 is 2.38 bits per heavy atom. The fourth-order valence-electron chi connectivity index (χ4n) is 1.90. The fraction of sp³-hybridized carbons (Fsp3) is 0.700. The number of hydrogen-bond acceptors (Lipinski definition) is 2. The summed E-state index contributed by atoms with van der Waals surface area (Å²) in [5.41, 5.74) is 7.65. The van der Waals surface area contributed by atoms with Gasteiger partial charge in [-0.2, -0.15) is 5.10 Å². The third-order valence-corrected chi connectivity index (χ3v) is 3.14. The molecule has 1 aliphatic rings. The number of anilines is 1. The van der Waals surface area contributed by atoms with Crippen LogP contribution in [0.1, 0.15) is 25.5 Å². The first kappa shape index (κ1) is 8.60. The Kier molecular flexibility index (Phi) is 2.02. The number of hydrogen-bond donors (Lipinski definition) is 1. The summed E-state index contributed by atoms with van der Waals surface area (Å²) in [5.74, 6) is 1.79. The first-order valence-electron chi connectivity index (χ1n) is 5.00. The minimum Gasteiger partial charge on any atom is -0.396 e. The van der Waals surface area contributed by atoms with Gasteiger partial charge in [0.05, 0.1) is 17.6 Å². The molecule has 72 valence electrons. The van der Waals surface area contributed by atoms with Crippen molar-refractivity contribution in [2.24, 2.45) is 11.8 Å². The lowest BCUT2D eigenvalue weighted by molar-refractivity contribution is 0.516. The largest absolute Gasteiger partial charge is 0.396 e. The smallest absolute Gasteiger partial charge is 0.0730 e. The summed E-state index contributed by atoms with van der Waals surface area (Å²) in [6.45, 7) is 5.35. The fourth-order valence-corrected chi connectivity index (χ4v) is 1.90. The molecule has 2 rings (SSSR count). The van der Waals surface area contributed by atoms with Crippen molar-refractivity contribution in [3.63, 3.8) is 0 Å². The monoisotopic (exact) mass is 179 g/mol. The summed E-state index contributed by atoms with van der Waals surface area (Å²) in [6, 6.07) is 0. The number of nitrogen functional groups attached to an aromatic ring is 1. The molecule has 0 radical (unpaired) electrons. The van der Waals surface area contributed by atoms with Crippen molar-refractivity contribution in [2.45, 2.75) is 33.2 Å². The van der Waals surface area contributed by atoms with Gasteiger partial charge >= 0.3 is 0 Å². The van der Waals surface area contributed by atoms with E-state index in [1.54, 1.807) is 6.20 Å². The number of rotatable bonds is 3. The van der Waals surface area contributed by atoms with Crippen LogP contribution in [-0.2, 0) is 6.54 Å². The maximum Gasteiger partial charge on any atom is 0.0730 e. The van der Waals surface area contributed by atoms with Gasteiger partial charge in [-0.1, -0.05) is 13.3 Å². The number of nitrogens with two attached hydrogens (primary N) is 1. The standard InChI is InChI=1S/C10H17N3/c1-3-8-4-9(8)6-13-7(2)10(11)5-12-13/h5,8-9H,3-4,6,11H2,1-2H3. The van der Waals surface area contributed by atoms with Gasteiger partial charge in [-0.05, 0) is 25.2 Å². The van der Waals surface area contributed by atoms with E-state index in [4.69, 9.17) is 5.73 Å². The zero-order valence-corrected chi connectivity index (χ0v) is 8.33. The van der Waals surface area contributed by atoms with Crippen LogP contribution in [0.4, 0.5) is 5.69 Å². The molecule has 0 aromatic carbocycles. The molecule has 1 aliphatic carbocycles. The van der Waals surface area contributed by atoms with Gasteiger partial charge in [0.2, 0.25) is 0 Å². The molecule has 0 spiro atoms. The van der Waals surface area contributed by atoms with Gasteiger partial charge in [0, 0.05) is 6.54 Å². The van der Waals surface area contributed by atoms with Gasteiger partial charge < -0.3 is 5.73 Å². The van der Waals surface area contributed by atoms with Crippen molar-refractivity contribution in [1.82, 2.24) is 9.78 Å². The van der Waals surface area contributed by atoms with Crippen LogP contribution in [-0.4, -0.2) is 9.78 Å². The molecule has 2 unspecified atom stereocenters. The topological polar surface area (TPSA) is 43.8 Å². The molecule has 2 atom stereocenters. The molecular formula is C10H17N3. The highest BCUT2D eigenvalue weighted by Gasteiger charge is 2.35. The van der Waals surface area contributed by atoms with Crippen LogP contribution >= 0.6 is 0 Å². The van der Waals surface area contributed by atoms with Gasteiger partial charge in [0.1, 0.15) is 0 Å². The zero-order chi connectivity index (χ0) is 9.42. The Hall–Kier alpha value is -0.990. The maximum absolute atomic E-state index is 5.72. The molecule has 1 heterocycles. The Bertz CT molecular complexity index is 303. The lowest BCUT2D eigenvalue weighted by Crippen LogP contribution is -2.05. The van der Waals surface area contributed by atoms with Gasteiger partial charge in [-0.25, -0.2) is 0 Å². The maximum atomic E-state index is 5.72. The Labute approximate surface area is 78.9 Å². The van der Waals surface area contributed by atoms with Crippen molar-refractivity contribution in [3.05, 3.63) is 11.9 Å². The van der Waals surface area contributed by atoms with Crippen LogP contribution in [0, 0.1) is 18.8 Å². The van der Waals surface area contributed by atoms with Crippen molar-refractivity contribution in [2.75, 3.05) is 5.73 Å². The summed E-state index contributed by atoms with van der Waals surface area (Å²) in [7, 11) is 0. The predicted octanol–water partition coefficient (Wildman–Crippen LogP) is 1.82. The average molecular weight is 179 g/mol. The van der Waals surface area contributed by atoms with E-state index in [-0.39, 0.29) is 0 Å². The molecule has 0 aliphatic heterocycles. The normalized spacial score (nSPS) is 26.3. The Morgan fingerprint density at radius 1 is 1.62 bits per heavy atom.